The van der Waals surface area contributed by atoms with Gasteiger partial charge in [0.1, 0.15) is 0 Å². The van der Waals surface area contributed by atoms with Gasteiger partial charge in [-0.25, -0.2) is 0 Å². The highest BCUT2D eigenvalue weighted by Gasteiger charge is 2.50. The average molecular weight is 110 g/mol. The fourth-order valence-corrected chi connectivity index (χ4v) is 2.58. The zero-order chi connectivity index (χ0) is 5.56. The second kappa shape index (κ2) is 1.49. The zero-order valence-corrected chi connectivity index (χ0v) is 5.56. The number of rotatable bonds is 1. The Morgan fingerprint density at radius 3 is 2.25 bits per heavy atom. The highest BCUT2D eigenvalue weighted by atomic mass is 14.6. The summed E-state index contributed by atoms with van der Waals surface area (Å²) in [5.74, 6) is 3.56. The van der Waals surface area contributed by atoms with Crippen LogP contribution in [-0.2, 0) is 0 Å². The van der Waals surface area contributed by atoms with Gasteiger partial charge in [0.2, 0.25) is 0 Å². The Kier molecular flexibility index (Phi) is 0.902. The van der Waals surface area contributed by atoms with Gasteiger partial charge in [0.05, 0.1) is 0 Å². The van der Waals surface area contributed by atoms with Crippen molar-refractivity contribution in [3.8, 4) is 0 Å². The van der Waals surface area contributed by atoms with Gasteiger partial charge in [-0.15, -0.1) is 0 Å². The molecule has 8 heavy (non-hydrogen) atoms. The molecule has 2 atom stereocenters. The predicted molar refractivity (Wildman–Crippen MR) is 34.6 cm³/mol. The summed E-state index contributed by atoms with van der Waals surface area (Å²) in [5.41, 5.74) is 0. The van der Waals surface area contributed by atoms with Crippen molar-refractivity contribution in [3.05, 3.63) is 0 Å². The molecule has 0 amide bonds. The highest BCUT2D eigenvalue weighted by molar-refractivity contribution is 4.99. The molecule has 0 aliphatic heterocycles. The first kappa shape index (κ1) is 4.84. The third-order valence-electron chi connectivity index (χ3n) is 3.06. The van der Waals surface area contributed by atoms with E-state index < -0.39 is 0 Å². The maximum absolute atomic E-state index is 2.34. The molecule has 0 bridgehead atoms. The molecule has 0 nitrogen and oxygen atoms in total. The fraction of sp³-hybridized carbons (Fsp3) is 1.00. The second-order valence-electron chi connectivity index (χ2n) is 3.33. The van der Waals surface area contributed by atoms with E-state index in [2.05, 4.69) is 6.92 Å². The van der Waals surface area contributed by atoms with Crippen LogP contribution in [0.15, 0.2) is 0 Å². The molecule has 2 rings (SSSR count). The molecule has 0 aromatic heterocycles. The van der Waals surface area contributed by atoms with E-state index in [0.717, 1.165) is 0 Å². The third kappa shape index (κ3) is 0.463. The third-order valence-corrected chi connectivity index (χ3v) is 3.06. The van der Waals surface area contributed by atoms with E-state index in [9.17, 15) is 0 Å². The van der Waals surface area contributed by atoms with Crippen LogP contribution in [0, 0.1) is 17.8 Å². The van der Waals surface area contributed by atoms with Gasteiger partial charge in [-0.05, 0) is 30.6 Å². The second-order valence-corrected chi connectivity index (χ2v) is 3.33. The number of fused-ring (bicyclic) bond motifs is 1. The molecule has 0 aromatic carbocycles. The monoisotopic (exact) mass is 110 g/mol. The molecule has 2 aliphatic rings. The van der Waals surface area contributed by atoms with Crippen LogP contribution < -0.4 is 0 Å². The molecule has 2 fully saturated rings. The standard InChI is InChI=1S/C8H14/c1-2-6-7-4-3-5-8(6)7/h6-8H,2-5H2,1H3. The maximum Gasteiger partial charge on any atom is -0.0352 e. The van der Waals surface area contributed by atoms with E-state index in [4.69, 9.17) is 0 Å². The normalized spacial score (nSPS) is 51.4. The summed E-state index contributed by atoms with van der Waals surface area (Å²) in [7, 11) is 0. The molecule has 0 radical (unpaired) electrons. The predicted octanol–water partition coefficient (Wildman–Crippen LogP) is 2.44. The lowest BCUT2D eigenvalue weighted by Gasteiger charge is -1.94. The van der Waals surface area contributed by atoms with E-state index in [0.29, 0.717) is 0 Å². The van der Waals surface area contributed by atoms with E-state index >= 15 is 0 Å². The summed E-state index contributed by atoms with van der Waals surface area (Å²) < 4.78 is 0. The average Bonchev–Trinajstić information content (AvgIpc) is 2.22. The van der Waals surface area contributed by atoms with Crippen LogP contribution in [0.5, 0.6) is 0 Å². The highest BCUT2D eigenvalue weighted by Crippen LogP contribution is 2.58. The van der Waals surface area contributed by atoms with Crippen molar-refractivity contribution in [2.24, 2.45) is 17.8 Å². The van der Waals surface area contributed by atoms with Crippen molar-refractivity contribution in [1.29, 1.82) is 0 Å². The molecule has 0 N–H and O–H groups in total. The van der Waals surface area contributed by atoms with Gasteiger partial charge < -0.3 is 0 Å². The first-order valence-corrected chi connectivity index (χ1v) is 3.93. The lowest BCUT2D eigenvalue weighted by atomic mass is 10.1. The molecule has 0 aromatic rings. The van der Waals surface area contributed by atoms with Crippen LogP contribution in [0.25, 0.3) is 0 Å². The van der Waals surface area contributed by atoms with Crippen LogP contribution >= 0.6 is 0 Å². The van der Waals surface area contributed by atoms with Crippen LogP contribution in [0.3, 0.4) is 0 Å². The van der Waals surface area contributed by atoms with Crippen LogP contribution in [0.2, 0.25) is 0 Å². The van der Waals surface area contributed by atoms with Gasteiger partial charge in [-0.2, -0.15) is 0 Å². The van der Waals surface area contributed by atoms with Crippen molar-refractivity contribution >= 4 is 0 Å². The molecular formula is C8H14. The SMILES string of the molecule is CCC1C2CCCC12. The van der Waals surface area contributed by atoms with E-state index in [1.807, 2.05) is 0 Å². The molecule has 46 valence electrons. The van der Waals surface area contributed by atoms with Gasteiger partial charge in [0, 0.05) is 0 Å². The van der Waals surface area contributed by atoms with Gasteiger partial charge >= 0.3 is 0 Å². The minimum atomic E-state index is 1.17. The van der Waals surface area contributed by atoms with Crippen molar-refractivity contribution in [3.63, 3.8) is 0 Å². The Hall–Kier alpha value is 0. The molecule has 2 saturated carbocycles. The fourth-order valence-electron chi connectivity index (χ4n) is 2.58. The first-order valence-electron chi connectivity index (χ1n) is 3.93. The van der Waals surface area contributed by atoms with Crippen LogP contribution in [0.4, 0.5) is 0 Å². The van der Waals surface area contributed by atoms with Crippen molar-refractivity contribution in [2.75, 3.05) is 0 Å². The minimum Gasteiger partial charge on any atom is -0.0651 e. The molecule has 0 spiro atoms. The molecular weight excluding hydrogens is 96.1 g/mol. The molecule has 2 aliphatic carbocycles. The Morgan fingerprint density at radius 2 is 1.88 bits per heavy atom. The minimum absolute atomic E-state index is 1.17. The quantitative estimate of drug-likeness (QED) is 0.486. The zero-order valence-electron chi connectivity index (χ0n) is 5.56. The summed E-state index contributed by atoms with van der Waals surface area (Å²) in [4.78, 5) is 0. The maximum atomic E-state index is 2.34. The van der Waals surface area contributed by atoms with Gasteiger partial charge in [-0.3, -0.25) is 0 Å². The molecule has 0 heteroatoms. The van der Waals surface area contributed by atoms with Crippen LogP contribution in [-0.4, -0.2) is 0 Å². The smallest absolute Gasteiger partial charge is 0.0352 e. The Bertz CT molecular complexity index is 79.5. The summed E-state index contributed by atoms with van der Waals surface area (Å²) in [5, 5.41) is 0. The van der Waals surface area contributed by atoms with E-state index in [-0.39, 0.29) is 0 Å². The molecule has 0 heterocycles. The van der Waals surface area contributed by atoms with Crippen molar-refractivity contribution < 1.29 is 0 Å². The molecule has 0 saturated heterocycles. The number of hydrogen-bond donors (Lipinski definition) is 0. The largest absolute Gasteiger partial charge is 0.0651 e. The molecule has 2 unspecified atom stereocenters. The Morgan fingerprint density at radius 1 is 1.25 bits per heavy atom. The summed E-state index contributed by atoms with van der Waals surface area (Å²) in [6.07, 6.45) is 6.10. The lowest BCUT2D eigenvalue weighted by molar-refractivity contribution is 0.575. The lowest BCUT2D eigenvalue weighted by Crippen LogP contribution is -1.82. The number of hydrogen-bond acceptors (Lipinski definition) is 0. The van der Waals surface area contributed by atoms with E-state index in [1.54, 1.807) is 12.8 Å². The summed E-state index contributed by atoms with van der Waals surface area (Å²) in [6, 6.07) is 0. The Balaban J connectivity index is 1.94. The van der Waals surface area contributed by atoms with Crippen molar-refractivity contribution in [2.45, 2.75) is 32.6 Å². The van der Waals surface area contributed by atoms with Gasteiger partial charge in [-0.1, -0.05) is 19.8 Å². The first-order chi connectivity index (χ1) is 3.93. The van der Waals surface area contributed by atoms with Crippen molar-refractivity contribution in [1.82, 2.24) is 0 Å². The summed E-state index contributed by atoms with van der Waals surface area (Å²) in [6.45, 7) is 2.34. The van der Waals surface area contributed by atoms with Gasteiger partial charge in [0.15, 0.2) is 0 Å². The van der Waals surface area contributed by atoms with Gasteiger partial charge in [0.25, 0.3) is 0 Å². The van der Waals surface area contributed by atoms with Crippen LogP contribution in [0.1, 0.15) is 32.6 Å². The topological polar surface area (TPSA) is 0 Å². The van der Waals surface area contributed by atoms with E-state index in [1.165, 1.54) is 30.6 Å². The summed E-state index contributed by atoms with van der Waals surface area (Å²) >= 11 is 0. The Labute approximate surface area is 51.3 Å².